The summed E-state index contributed by atoms with van der Waals surface area (Å²) in [5, 5.41) is 6.34. The van der Waals surface area contributed by atoms with E-state index >= 15 is 0 Å². The second-order valence-corrected chi connectivity index (χ2v) is 7.09. The highest BCUT2D eigenvalue weighted by Gasteiger charge is 2.38. The summed E-state index contributed by atoms with van der Waals surface area (Å²) < 4.78 is 0. The van der Waals surface area contributed by atoms with Crippen LogP contribution in [-0.2, 0) is 11.3 Å². The van der Waals surface area contributed by atoms with Crippen molar-refractivity contribution < 1.29 is 4.79 Å². The van der Waals surface area contributed by atoms with Crippen LogP contribution in [0.25, 0.3) is 0 Å². The Bertz CT molecular complexity index is 502. The van der Waals surface area contributed by atoms with Crippen LogP contribution in [0.5, 0.6) is 0 Å². The van der Waals surface area contributed by atoms with Gasteiger partial charge in [0, 0.05) is 31.4 Å². The molecule has 2 heterocycles. The highest BCUT2D eigenvalue weighted by Crippen LogP contribution is 2.24. The maximum Gasteiger partial charge on any atom is 0.245 e. The number of nitrogens with one attached hydrogen (secondary N) is 2. The van der Waals surface area contributed by atoms with Crippen LogP contribution in [0.4, 0.5) is 5.82 Å². The fourth-order valence-electron chi connectivity index (χ4n) is 2.35. The zero-order valence-corrected chi connectivity index (χ0v) is 13.7. The van der Waals surface area contributed by atoms with E-state index in [1.807, 2.05) is 26.1 Å². The number of pyridine rings is 1. The van der Waals surface area contributed by atoms with Gasteiger partial charge in [0.1, 0.15) is 11.4 Å². The third-order valence-corrected chi connectivity index (χ3v) is 3.76. The van der Waals surface area contributed by atoms with Crippen LogP contribution >= 0.6 is 0 Å². The molecule has 0 bridgehead atoms. The predicted octanol–water partition coefficient (Wildman–Crippen LogP) is 1.68. The van der Waals surface area contributed by atoms with Crippen molar-refractivity contribution in [3.8, 4) is 0 Å². The van der Waals surface area contributed by atoms with E-state index in [1.165, 1.54) is 0 Å². The quantitative estimate of drug-likeness (QED) is 0.889. The summed E-state index contributed by atoms with van der Waals surface area (Å²) in [5.74, 6) is 0.906. The Kier molecular flexibility index (Phi) is 4.23. The van der Waals surface area contributed by atoms with Crippen LogP contribution < -0.4 is 15.5 Å². The summed E-state index contributed by atoms with van der Waals surface area (Å²) >= 11 is 0. The Balaban J connectivity index is 2.10. The van der Waals surface area contributed by atoms with Crippen molar-refractivity contribution in [2.24, 2.45) is 0 Å². The SMILES string of the molecule is CC(C)(C)NCc1ccc(N2CCNC(=O)C2(C)C)nc1. The number of piperazine rings is 1. The average molecular weight is 290 g/mol. The van der Waals surface area contributed by atoms with E-state index in [4.69, 9.17) is 0 Å². The fourth-order valence-corrected chi connectivity index (χ4v) is 2.35. The molecule has 0 saturated carbocycles. The van der Waals surface area contributed by atoms with Crippen LogP contribution in [0.3, 0.4) is 0 Å². The molecule has 0 unspecified atom stereocenters. The summed E-state index contributed by atoms with van der Waals surface area (Å²) in [6, 6.07) is 4.07. The topological polar surface area (TPSA) is 57.3 Å². The predicted molar refractivity (Wildman–Crippen MR) is 85.3 cm³/mol. The van der Waals surface area contributed by atoms with E-state index in [0.29, 0.717) is 6.54 Å². The van der Waals surface area contributed by atoms with E-state index in [1.54, 1.807) is 0 Å². The summed E-state index contributed by atoms with van der Waals surface area (Å²) in [6.07, 6.45) is 1.89. The van der Waals surface area contributed by atoms with Gasteiger partial charge in [0.05, 0.1) is 0 Å². The van der Waals surface area contributed by atoms with Crippen molar-refractivity contribution in [3.05, 3.63) is 23.9 Å². The third kappa shape index (κ3) is 3.73. The van der Waals surface area contributed by atoms with Crippen LogP contribution in [0.2, 0.25) is 0 Å². The van der Waals surface area contributed by atoms with Gasteiger partial charge in [-0.25, -0.2) is 4.98 Å². The molecule has 1 amide bonds. The van der Waals surface area contributed by atoms with Gasteiger partial charge in [-0.15, -0.1) is 0 Å². The van der Waals surface area contributed by atoms with E-state index in [0.717, 1.165) is 24.5 Å². The molecule has 21 heavy (non-hydrogen) atoms. The van der Waals surface area contributed by atoms with Crippen LogP contribution in [0.15, 0.2) is 18.3 Å². The molecule has 2 N–H and O–H groups in total. The minimum absolute atomic E-state index is 0.0500. The number of amides is 1. The Morgan fingerprint density at radius 3 is 2.67 bits per heavy atom. The summed E-state index contributed by atoms with van der Waals surface area (Å²) in [7, 11) is 0. The van der Waals surface area contributed by atoms with Gasteiger partial charge in [-0.05, 0) is 46.2 Å². The number of rotatable bonds is 3. The zero-order chi connectivity index (χ0) is 15.7. The average Bonchev–Trinajstić information content (AvgIpc) is 2.39. The molecule has 0 atom stereocenters. The maximum absolute atomic E-state index is 12.0. The van der Waals surface area contributed by atoms with Gasteiger partial charge in [0.2, 0.25) is 5.91 Å². The highest BCUT2D eigenvalue weighted by molar-refractivity contribution is 5.90. The van der Waals surface area contributed by atoms with Gasteiger partial charge in [0.15, 0.2) is 0 Å². The van der Waals surface area contributed by atoms with Crippen molar-refractivity contribution in [2.75, 3.05) is 18.0 Å². The van der Waals surface area contributed by atoms with E-state index < -0.39 is 5.54 Å². The number of hydrogen-bond donors (Lipinski definition) is 2. The number of carbonyl (C=O) groups excluding carboxylic acids is 1. The standard InChI is InChI=1S/C16H26N4O/c1-15(2,3)19-11-12-6-7-13(18-10-12)20-9-8-17-14(21)16(20,4)5/h6-7,10,19H,8-9,11H2,1-5H3,(H,17,21). The number of hydrogen-bond acceptors (Lipinski definition) is 4. The lowest BCUT2D eigenvalue weighted by molar-refractivity contribution is -0.126. The first-order valence-corrected chi connectivity index (χ1v) is 7.46. The lowest BCUT2D eigenvalue weighted by atomic mass is 9.99. The smallest absolute Gasteiger partial charge is 0.245 e. The number of anilines is 1. The Hall–Kier alpha value is -1.62. The van der Waals surface area contributed by atoms with Gasteiger partial charge < -0.3 is 15.5 Å². The largest absolute Gasteiger partial charge is 0.352 e. The Labute approximate surface area is 127 Å². The number of nitrogens with zero attached hydrogens (tertiary/aromatic N) is 2. The minimum Gasteiger partial charge on any atom is -0.352 e. The second kappa shape index (κ2) is 5.64. The van der Waals surface area contributed by atoms with E-state index in [9.17, 15) is 4.79 Å². The molecule has 0 radical (unpaired) electrons. The van der Waals surface area contributed by atoms with Crippen molar-refractivity contribution >= 4 is 11.7 Å². The zero-order valence-electron chi connectivity index (χ0n) is 13.7. The molecule has 1 saturated heterocycles. The van der Waals surface area contributed by atoms with Gasteiger partial charge in [-0.2, -0.15) is 0 Å². The van der Waals surface area contributed by atoms with Gasteiger partial charge >= 0.3 is 0 Å². The van der Waals surface area contributed by atoms with Crippen LogP contribution in [0, 0.1) is 0 Å². The lowest BCUT2D eigenvalue weighted by Crippen LogP contribution is -2.62. The van der Waals surface area contributed by atoms with Crippen molar-refractivity contribution in [3.63, 3.8) is 0 Å². The lowest BCUT2D eigenvalue weighted by Gasteiger charge is -2.42. The molecule has 0 aliphatic carbocycles. The first-order chi connectivity index (χ1) is 9.70. The molecule has 1 aromatic rings. The van der Waals surface area contributed by atoms with Gasteiger partial charge in [0.25, 0.3) is 0 Å². The van der Waals surface area contributed by atoms with E-state index in [2.05, 4.69) is 47.4 Å². The van der Waals surface area contributed by atoms with Gasteiger partial charge in [-0.3, -0.25) is 4.79 Å². The molecular formula is C16H26N4O. The first-order valence-electron chi connectivity index (χ1n) is 7.46. The fraction of sp³-hybridized carbons (Fsp3) is 0.625. The van der Waals surface area contributed by atoms with E-state index in [-0.39, 0.29) is 11.4 Å². The molecule has 1 aliphatic rings. The van der Waals surface area contributed by atoms with Crippen molar-refractivity contribution in [2.45, 2.75) is 52.2 Å². The molecular weight excluding hydrogens is 264 g/mol. The van der Waals surface area contributed by atoms with Crippen LogP contribution in [0.1, 0.15) is 40.2 Å². The molecule has 0 spiro atoms. The second-order valence-electron chi connectivity index (χ2n) is 7.09. The van der Waals surface area contributed by atoms with Crippen molar-refractivity contribution in [1.29, 1.82) is 0 Å². The Morgan fingerprint density at radius 2 is 2.10 bits per heavy atom. The summed E-state index contributed by atoms with van der Waals surface area (Å²) in [5.41, 5.74) is 0.676. The Morgan fingerprint density at radius 1 is 1.38 bits per heavy atom. The molecule has 5 nitrogen and oxygen atoms in total. The normalized spacial score (nSPS) is 18.5. The van der Waals surface area contributed by atoms with Gasteiger partial charge in [-0.1, -0.05) is 6.07 Å². The third-order valence-electron chi connectivity index (χ3n) is 3.76. The molecule has 5 heteroatoms. The maximum atomic E-state index is 12.0. The highest BCUT2D eigenvalue weighted by atomic mass is 16.2. The summed E-state index contributed by atoms with van der Waals surface area (Å²) in [6.45, 7) is 12.5. The number of aromatic nitrogens is 1. The molecule has 1 aliphatic heterocycles. The first kappa shape index (κ1) is 15.8. The molecule has 1 fully saturated rings. The molecule has 2 rings (SSSR count). The van der Waals surface area contributed by atoms with Crippen molar-refractivity contribution in [1.82, 2.24) is 15.6 Å². The van der Waals surface area contributed by atoms with Crippen LogP contribution in [-0.4, -0.2) is 35.1 Å². The monoisotopic (exact) mass is 290 g/mol. The molecule has 116 valence electrons. The number of carbonyl (C=O) groups is 1. The molecule has 0 aromatic carbocycles. The minimum atomic E-state index is -0.559. The molecule has 1 aromatic heterocycles. The summed E-state index contributed by atoms with van der Waals surface area (Å²) in [4.78, 5) is 18.6.